The summed E-state index contributed by atoms with van der Waals surface area (Å²) in [5.74, 6) is 0. The SMILES string of the molecule is CCN=C1NS(=O)(=O)c2cccnc2S1. The summed E-state index contributed by atoms with van der Waals surface area (Å²) < 4.78 is 25.8. The van der Waals surface area contributed by atoms with Crippen LogP contribution < -0.4 is 4.72 Å². The van der Waals surface area contributed by atoms with Crippen LogP contribution in [0.5, 0.6) is 0 Å². The first-order valence-electron chi connectivity index (χ1n) is 4.33. The van der Waals surface area contributed by atoms with Crippen molar-refractivity contribution in [3.63, 3.8) is 0 Å². The molecule has 0 spiro atoms. The molecular weight excluding hydrogens is 234 g/mol. The minimum atomic E-state index is -3.48. The highest BCUT2D eigenvalue weighted by molar-refractivity contribution is 8.16. The fraction of sp³-hybridized carbons (Fsp3) is 0.250. The maximum Gasteiger partial charge on any atom is 0.266 e. The highest BCUT2D eigenvalue weighted by Crippen LogP contribution is 2.29. The van der Waals surface area contributed by atoms with Gasteiger partial charge in [-0.25, -0.2) is 13.4 Å². The molecule has 1 aromatic rings. The Balaban J connectivity index is 2.54. The maximum absolute atomic E-state index is 11.7. The Morgan fingerprint density at radius 3 is 3.13 bits per heavy atom. The van der Waals surface area contributed by atoms with Crippen LogP contribution in [-0.4, -0.2) is 25.1 Å². The van der Waals surface area contributed by atoms with E-state index in [0.717, 1.165) is 0 Å². The van der Waals surface area contributed by atoms with E-state index in [-0.39, 0.29) is 4.90 Å². The van der Waals surface area contributed by atoms with Gasteiger partial charge in [-0.15, -0.1) is 0 Å². The molecule has 2 rings (SSSR count). The first kappa shape index (κ1) is 10.4. The normalized spacial score (nSPS) is 20.7. The largest absolute Gasteiger partial charge is 0.266 e. The Morgan fingerprint density at radius 1 is 1.60 bits per heavy atom. The van der Waals surface area contributed by atoms with Crippen LogP contribution in [0, 0.1) is 0 Å². The van der Waals surface area contributed by atoms with Crippen molar-refractivity contribution in [2.45, 2.75) is 16.8 Å². The first-order valence-corrected chi connectivity index (χ1v) is 6.63. The lowest BCUT2D eigenvalue weighted by molar-refractivity contribution is 0.589. The molecule has 0 amide bonds. The van der Waals surface area contributed by atoms with Crippen molar-refractivity contribution in [1.82, 2.24) is 9.71 Å². The second-order valence-corrected chi connectivity index (χ2v) is 5.42. The first-order chi connectivity index (χ1) is 7.13. The van der Waals surface area contributed by atoms with E-state index >= 15 is 0 Å². The number of amidine groups is 1. The van der Waals surface area contributed by atoms with Crippen LogP contribution in [-0.2, 0) is 10.0 Å². The highest BCUT2D eigenvalue weighted by atomic mass is 32.2. The standard InChI is InChI=1S/C8H9N3O2S2/c1-2-9-8-11-15(12,13)6-4-3-5-10-7(6)14-8/h3-5H,2H2,1H3,(H,9,11). The van der Waals surface area contributed by atoms with Gasteiger partial charge in [0.15, 0.2) is 5.17 Å². The molecule has 0 aliphatic carbocycles. The predicted molar refractivity (Wildman–Crippen MR) is 58.4 cm³/mol. The highest BCUT2D eigenvalue weighted by Gasteiger charge is 2.27. The number of nitrogens with one attached hydrogen (secondary N) is 1. The molecule has 1 aromatic heterocycles. The van der Waals surface area contributed by atoms with Gasteiger partial charge in [-0.05, 0) is 30.8 Å². The van der Waals surface area contributed by atoms with Crippen LogP contribution in [0.3, 0.4) is 0 Å². The molecule has 15 heavy (non-hydrogen) atoms. The van der Waals surface area contributed by atoms with Gasteiger partial charge in [0.05, 0.1) is 0 Å². The molecule has 0 atom stereocenters. The summed E-state index contributed by atoms with van der Waals surface area (Å²) in [6.45, 7) is 2.38. The average Bonchev–Trinajstić information content (AvgIpc) is 2.17. The van der Waals surface area contributed by atoms with Gasteiger partial charge in [-0.3, -0.25) is 9.71 Å². The van der Waals surface area contributed by atoms with E-state index in [9.17, 15) is 8.42 Å². The van der Waals surface area contributed by atoms with Crippen molar-refractivity contribution in [3.8, 4) is 0 Å². The summed E-state index contributed by atoms with van der Waals surface area (Å²) in [7, 11) is -3.48. The third-order valence-electron chi connectivity index (χ3n) is 1.74. The predicted octanol–water partition coefficient (Wildman–Crippen LogP) is 0.842. The number of sulfonamides is 1. The van der Waals surface area contributed by atoms with Gasteiger partial charge in [-0.1, -0.05) is 0 Å². The molecule has 0 bridgehead atoms. The number of fused-ring (bicyclic) bond motifs is 1. The zero-order valence-corrected chi connectivity index (χ0v) is 9.60. The van der Waals surface area contributed by atoms with E-state index in [1.165, 1.54) is 17.8 Å². The second kappa shape index (κ2) is 3.82. The lowest BCUT2D eigenvalue weighted by atomic mass is 10.5. The molecular formula is C8H9N3O2S2. The van der Waals surface area contributed by atoms with Crippen molar-refractivity contribution in [1.29, 1.82) is 0 Å². The van der Waals surface area contributed by atoms with Crippen LogP contribution in [0.25, 0.3) is 0 Å². The molecule has 2 heterocycles. The van der Waals surface area contributed by atoms with Gasteiger partial charge < -0.3 is 0 Å². The van der Waals surface area contributed by atoms with Gasteiger partial charge in [0, 0.05) is 12.7 Å². The van der Waals surface area contributed by atoms with Crippen LogP contribution >= 0.6 is 11.8 Å². The van der Waals surface area contributed by atoms with Gasteiger partial charge in [0.25, 0.3) is 10.0 Å². The Kier molecular flexibility index (Phi) is 2.66. The minimum Gasteiger partial charge on any atom is -0.262 e. The van der Waals surface area contributed by atoms with Crippen LogP contribution in [0.1, 0.15) is 6.92 Å². The summed E-state index contributed by atoms with van der Waals surface area (Å²) >= 11 is 1.23. The van der Waals surface area contributed by atoms with Gasteiger partial charge in [-0.2, -0.15) is 0 Å². The maximum atomic E-state index is 11.7. The summed E-state index contributed by atoms with van der Waals surface area (Å²) in [4.78, 5) is 8.25. The smallest absolute Gasteiger partial charge is 0.262 e. The molecule has 5 nitrogen and oxygen atoms in total. The van der Waals surface area contributed by atoms with Gasteiger partial charge in [0.2, 0.25) is 0 Å². The molecule has 0 unspecified atom stereocenters. The molecule has 7 heteroatoms. The van der Waals surface area contributed by atoms with E-state index in [1.54, 1.807) is 12.3 Å². The Morgan fingerprint density at radius 2 is 2.40 bits per heavy atom. The number of aromatic nitrogens is 1. The lowest BCUT2D eigenvalue weighted by Crippen LogP contribution is -2.33. The number of rotatable bonds is 1. The van der Waals surface area contributed by atoms with Crippen LogP contribution in [0.15, 0.2) is 33.2 Å². The van der Waals surface area contributed by atoms with E-state index in [0.29, 0.717) is 16.7 Å². The molecule has 0 fully saturated rings. The molecule has 0 aromatic carbocycles. The number of thioether (sulfide) groups is 1. The molecule has 1 aliphatic rings. The number of aliphatic imine (C=N–C) groups is 1. The molecule has 1 N–H and O–H groups in total. The molecule has 0 radical (unpaired) electrons. The molecule has 0 saturated carbocycles. The molecule has 0 saturated heterocycles. The van der Waals surface area contributed by atoms with E-state index in [1.807, 2.05) is 6.92 Å². The average molecular weight is 243 g/mol. The topological polar surface area (TPSA) is 71.4 Å². The number of nitrogens with zero attached hydrogens (tertiary/aromatic N) is 2. The monoisotopic (exact) mass is 243 g/mol. The summed E-state index contributed by atoms with van der Waals surface area (Å²) in [5, 5.41) is 0.854. The van der Waals surface area contributed by atoms with Crippen molar-refractivity contribution >= 4 is 27.0 Å². The molecule has 80 valence electrons. The van der Waals surface area contributed by atoms with Crippen molar-refractivity contribution < 1.29 is 8.42 Å². The molecule has 1 aliphatic heterocycles. The van der Waals surface area contributed by atoms with E-state index in [2.05, 4.69) is 14.7 Å². The zero-order valence-electron chi connectivity index (χ0n) is 7.97. The van der Waals surface area contributed by atoms with Crippen LogP contribution in [0.4, 0.5) is 0 Å². The Labute approximate surface area is 92.1 Å². The number of hydrogen-bond acceptors (Lipinski definition) is 5. The van der Waals surface area contributed by atoms with Gasteiger partial charge >= 0.3 is 0 Å². The summed E-state index contributed by atoms with van der Waals surface area (Å²) in [6.07, 6.45) is 1.57. The lowest BCUT2D eigenvalue weighted by Gasteiger charge is -2.17. The fourth-order valence-electron chi connectivity index (χ4n) is 1.15. The van der Waals surface area contributed by atoms with Crippen LogP contribution in [0.2, 0.25) is 0 Å². The van der Waals surface area contributed by atoms with Crippen molar-refractivity contribution in [2.24, 2.45) is 4.99 Å². The summed E-state index contributed by atoms with van der Waals surface area (Å²) in [5.41, 5.74) is 0. The minimum absolute atomic E-state index is 0.213. The number of pyridine rings is 1. The van der Waals surface area contributed by atoms with Gasteiger partial charge in [0.1, 0.15) is 9.92 Å². The third kappa shape index (κ3) is 1.98. The van der Waals surface area contributed by atoms with E-state index < -0.39 is 10.0 Å². The Bertz CT molecular complexity index is 510. The third-order valence-corrected chi connectivity index (χ3v) is 4.31. The zero-order chi connectivity index (χ0) is 10.9. The second-order valence-electron chi connectivity index (χ2n) is 2.79. The van der Waals surface area contributed by atoms with Crippen molar-refractivity contribution in [2.75, 3.05) is 6.54 Å². The quantitative estimate of drug-likeness (QED) is 0.793. The van der Waals surface area contributed by atoms with Crippen molar-refractivity contribution in [3.05, 3.63) is 18.3 Å². The number of hydrogen-bond donors (Lipinski definition) is 1. The fourth-order valence-corrected chi connectivity index (χ4v) is 3.70. The van der Waals surface area contributed by atoms with E-state index in [4.69, 9.17) is 0 Å². The summed E-state index contributed by atoms with van der Waals surface area (Å²) in [6, 6.07) is 3.13. The Hall–Kier alpha value is -1.08.